The predicted octanol–water partition coefficient (Wildman–Crippen LogP) is 7.61. The van der Waals surface area contributed by atoms with Crippen molar-refractivity contribution >= 4 is 23.6 Å². The second kappa shape index (κ2) is 14.3. The molecule has 2 aliphatic rings. The van der Waals surface area contributed by atoms with Crippen molar-refractivity contribution in [1.29, 1.82) is 0 Å². The Bertz CT molecular complexity index is 1660. The van der Waals surface area contributed by atoms with Gasteiger partial charge >= 0.3 is 6.09 Å². The fourth-order valence-electron chi connectivity index (χ4n) is 6.17. The van der Waals surface area contributed by atoms with E-state index < -0.39 is 51.9 Å². The maximum Gasteiger partial charge on any atom is 0.407 e. The summed E-state index contributed by atoms with van der Waals surface area (Å²) in [6.45, 7) is 9.26. The van der Waals surface area contributed by atoms with Crippen LogP contribution in [0.4, 0.5) is 13.6 Å². The molecule has 1 unspecified atom stereocenters. The van der Waals surface area contributed by atoms with Gasteiger partial charge in [-0.3, -0.25) is 4.79 Å². The number of hydrogen-bond donors (Lipinski definition) is 2. The molecular formula is C36H41ClF2N2O7. The third kappa shape index (κ3) is 7.38. The van der Waals surface area contributed by atoms with Crippen molar-refractivity contribution in [1.82, 2.24) is 5.32 Å². The van der Waals surface area contributed by atoms with Crippen LogP contribution in [0.25, 0.3) is 11.1 Å². The van der Waals surface area contributed by atoms with E-state index in [1.165, 1.54) is 12.1 Å². The minimum absolute atomic E-state index is 0.0336. The van der Waals surface area contributed by atoms with Gasteiger partial charge in [0.25, 0.3) is 0 Å². The van der Waals surface area contributed by atoms with Gasteiger partial charge in [-0.25, -0.2) is 13.6 Å². The van der Waals surface area contributed by atoms with E-state index in [4.69, 9.17) is 41.0 Å². The van der Waals surface area contributed by atoms with Crippen molar-refractivity contribution in [2.75, 3.05) is 19.8 Å². The number of ether oxygens (including phenoxy) is 5. The Hall–Kier alpha value is -3.93. The third-order valence-electron chi connectivity index (χ3n) is 8.42. The van der Waals surface area contributed by atoms with Crippen LogP contribution in [-0.4, -0.2) is 49.8 Å². The number of rotatable bonds is 10. The van der Waals surface area contributed by atoms with Crippen molar-refractivity contribution in [3.63, 3.8) is 0 Å². The van der Waals surface area contributed by atoms with Gasteiger partial charge in [0.15, 0.2) is 23.5 Å². The fraction of sp³-hybridized carbons (Fsp3) is 0.444. The van der Waals surface area contributed by atoms with E-state index in [2.05, 4.69) is 5.32 Å². The Balaban J connectivity index is 1.56. The summed E-state index contributed by atoms with van der Waals surface area (Å²) in [7, 11) is 0. The number of halogens is 3. The number of nitrogens with two attached hydrogens (primary N) is 1. The lowest BCUT2D eigenvalue weighted by Gasteiger charge is -2.34. The first-order valence-electron chi connectivity index (χ1n) is 16.0. The molecule has 4 atom stereocenters. The Labute approximate surface area is 284 Å². The van der Waals surface area contributed by atoms with Crippen LogP contribution in [0.1, 0.15) is 81.3 Å². The summed E-state index contributed by atoms with van der Waals surface area (Å²) in [5, 5.41) is 2.35. The number of nitrogens with one attached hydrogen (secondary N) is 1. The second-order valence-corrected chi connectivity index (χ2v) is 13.5. The van der Waals surface area contributed by atoms with Crippen molar-refractivity contribution in [3.8, 4) is 22.6 Å². The molecule has 48 heavy (non-hydrogen) atoms. The van der Waals surface area contributed by atoms with Crippen molar-refractivity contribution in [2.45, 2.75) is 83.4 Å². The molecule has 258 valence electrons. The van der Waals surface area contributed by atoms with Gasteiger partial charge in [0.1, 0.15) is 23.8 Å². The molecule has 9 nitrogen and oxygen atoms in total. The molecule has 3 aromatic carbocycles. The zero-order valence-electron chi connectivity index (χ0n) is 27.7. The van der Waals surface area contributed by atoms with Gasteiger partial charge in [-0.15, -0.1) is 0 Å². The number of primary amides is 1. The summed E-state index contributed by atoms with van der Waals surface area (Å²) in [6, 6.07) is 12.8. The molecule has 0 saturated carbocycles. The van der Waals surface area contributed by atoms with Crippen LogP contribution in [0.3, 0.4) is 0 Å². The van der Waals surface area contributed by atoms with Crippen LogP contribution in [0.15, 0.2) is 48.5 Å². The van der Waals surface area contributed by atoms with E-state index in [9.17, 15) is 9.59 Å². The van der Waals surface area contributed by atoms with Crippen LogP contribution in [-0.2, 0) is 19.8 Å². The second-order valence-electron chi connectivity index (χ2n) is 13.1. The summed E-state index contributed by atoms with van der Waals surface area (Å²) in [4.78, 5) is 25.5. The quantitative estimate of drug-likeness (QED) is 0.225. The highest BCUT2D eigenvalue weighted by atomic mass is 35.5. The molecule has 2 aliphatic heterocycles. The van der Waals surface area contributed by atoms with Crippen LogP contribution in [0, 0.1) is 11.6 Å². The molecule has 3 aromatic rings. The Morgan fingerprint density at radius 3 is 2.50 bits per heavy atom. The lowest BCUT2D eigenvalue weighted by Crippen LogP contribution is -2.47. The number of alkyl carbamates (subject to hydrolysis) is 1. The van der Waals surface area contributed by atoms with E-state index >= 15 is 8.78 Å². The monoisotopic (exact) mass is 686 g/mol. The van der Waals surface area contributed by atoms with E-state index in [0.29, 0.717) is 17.7 Å². The van der Waals surface area contributed by atoms with E-state index in [1.807, 2.05) is 18.2 Å². The summed E-state index contributed by atoms with van der Waals surface area (Å²) in [5.41, 5.74) is 3.97. The molecule has 3 N–H and O–H groups in total. The molecule has 0 spiro atoms. The first kappa shape index (κ1) is 35.4. The van der Waals surface area contributed by atoms with Gasteiger partial charge in [0.2, 0.25) is 5.91 Å². The summed E-state index contributed by atoms with van der Waals surface area (Å²) < 4.78 is 61.6. The predicted molar refractivity (Wildman–Crippen MR) is 176 cm³/mol. The topological polar surface area (TPSA) is 118 Å². The van der Waals surface area contributed by atoms with Gasteiger partial charge in [-0.2, -0.15) is 0 Å². The molecule has 5 rings (SSSR count). The van der Waals surface area contributed by atoms with Crippen molar-refractivity contribution < 1.29 is 42.1 Å². The standard InChI is InChI=1S/C36H41ClF2N2O7/c1-20(46-27-13-9-10-16-44-27)18-45-25-15-14-23(33(40)42)29(32(25)39)30-28-21(2)36(22-11-7-6-8-12-22,19-41-34(43)48-35(3,4)5)47-26(28)17-24(38)31(30)37/h6-8,11-12,14-15,17,20-21,27H,9-10,13,16,18-19H2,1-5H3,(H2,40,42)(H,41,43)/t20-,21-,27?,36-/m0/s1. The lowest BCUT2D eigenvalue weighted by atomic mass is 9.77. The lowest BCUT2D eigenvalue weighted by molar-refractivity contribution is -0.189. The summed E-state index contributed by atoms with van der Waals surface area (Å²) in [6.07, 6.45) is 1.18. The molecular weight excluding hydrogens is 646 g/mol. The largest absolute Gasteiger partial charge is 0.488 e. The van der Waals surface area contributed by atoms with Crippen LogP contribution < -0.4 is 20.5 Å². The Kier molecular flexibility index (Phi) is 10.5. The number of fused-ring (bicyclic) bond motifs is 1. The summed E-state index contributed by atoms with van der Waals surface area (Å²) >= 11 is 6.64. The minimum Gasteiger partial charge on any atom is -0.488 e. The van der Waals surface area contributed by atoms with Gasteiger partial charge < -0.3 is 34.7 Å². The molecule has 1 saturated heterocycles. The average molecular weight is 687 g/mol. The first-order valence-corrected chi connectivity index (χ1v) is 16.4. The molecule has 0 aromatic heterocycles. The fourth-order valence-corrected chi connectivity index (χ4v) is 6.42. The van der Waals surface area contributed by atoms with E-state index in [1.54, 1.807) is 46.8 Å². The SMILES string of the molecule is C[C@@H](COc1ccc(C(N)=O)c(-c2c(Cl)c(F)cc3c2[C@H](C)[C@@](CNC(=O)OC(C)(C)C)(c2ccccc2)O3)c1F)OC1CCCCO1. The Morgan fingerprint density at radius 2 is 1.85 bits per heavy atom. The van der Waals surface area contributed by atoms with Gasteiger partial charge in [-0.05, 0) is 64.7 Å². The molecule has 12 heteroatoms. The third-order valence-corrected chi connectivity index (χ3v) is 8.79. The molecule has 2 heterocycles. The van der Waals surface area contributed by atoms with Crippen molar-refractivity contribution in [3.05, 3.63) is 81.9 Å². The molecule has 0 radical (unpaired) electrons. The highest BCUT2D eigenvalue weighted by Gasteiger charge is 2.50. The van der Waals surface area contributed by atoms with Crippen LogP contribution in [0.2, 0.25) is 5.02 Å². The zero-order chi connectivity index (χ0) is 34.8. The normalized spacial score (nSPS) is 21.2. The molecule has 0 bridgehead atoms. The Morgan fingerprint density at radius 1 is 1.12 bits per heavy atom. The molecule has 0 aliphatic carbocycles. The first-order chi connectivity index (χ1) is 22.7. The van der Waals surface area contributed by atoms with Gasteiger partial charge in [-0.1, -0.05) is 48.9 Å². The van der Waals surface area contributed by atoms with Gasteiger partial charge in [0, 0.05) is 35.3 Å². The van der Waals surface area contributed by atoms with E-state index in [-0.39, 0.29) is 47.6 Å². The smallest absolute Gasteiger partial charge is 0.407 e. The molecule has 1 fully saturated rings. The van der Waals surface area contributed by atoms with Crippen molar-refractivity contribution in [2.24, 2.45) is 5.73 Å². The number of benzene rings is 3. The highest BCUT2D eigenvalue weighted by Crippen LogP contribution is 2.56. The van der Waals surface area contributed by atoms with Crippen LogP contribution >= 0.6 is 11.6 Å². The van der Waals surface area contributed by atoms with Gasteiger partial charge in [0.05, 0.1) is 23.2 Å². The summed E-state index contributed by atoms with van der Waals surface area (Å²) in [5.74, 6) is -3.65. The number of carbonyl (C=O) groups is 2. The highest BCUT2D eigenvalue weighted by molar-refractivity contribution is 6.34. The zero-order valence-corrected chi connectivity index (χ0v) is 28.4. The maximum absolute atomic E-state index is 16.6. The average Bonchev–Trinajstić information content (AvgIpc) is 3.31. The minimum atomic E-state index is -1.31. The van der Waals surface area contributed by atoms with Crippen LogP contribution in [0.5, 0.6) is 11.5 Å². The maximum atomic E-state index is 16.6. The van der Waals surface area contributed by atoms with E-state index in [0.717, 1.165) is 25.3 Å². The number of carbonyl (C=O) groups excluding carboxylic acids is 2. The molecule has 2 amide bonds. The number of amides is 2. The number of hydrogen-bond acceptors (Lipinski definition) is 7.